The number of halogens is 3. The Morgan fingerprint density at radius 1 is 1.29 bits per heavy atom. The van der Waals surface area contributed by atoms with Gasteiger partial charge in [-0.25, -0.2) is 4.39 Å². The van der Waals surface area contributed by atoms with Crippen molar-refractivity contribution in [2.45, 2.75) is 6.92 Å². The Morgan fingerprint density at radius 2 is 1.95 bits per heavy atom. The summed E-state index contributed by atoms with van der Waals surface area (Å²) >= 11 is 11.6. The van der Waals surface area contributed by atoms with E-state index in [1.807, 2.05) is 6.92 Å². The molecule has 7 heteroatoms. The molecule has 0 aliphatic carbocycles. The van der Waals surface area contributed by atoms with E-state index in [0.717, 1.165) is 6.07 Å². The maximum absolute atomic E-state index is 13.5. The van der Waals surface area contributed by atoms with Gasteiger partial charge in [0.15, 0.2) is 0 Å². The highest BCUT2D eigenvalue weighted by Crippen LogP contribution is 2.29. The lowest BCUT2D eigenvalue weighted by Gasteiger charge is -2.17. The molecule has 1 heterocycles. The number of likely N-dealkylation sites (tertiary alicyclic amines) is 1. The number of hydrogen-bond acceptors (Lipinski definition) is 3. The lowest BCUT2D eigenvalue weighted by Crippen LogP contribution is -2.30. The molecule has 2 atom stereocenters. The maximum Gasteiger partial charge on any atom is 0.310 e. The topological polar surface area (TPSA) is 46.6 Å². The number of ether oxygens (including phenoxy) is 1. The van der Waals surface area contributed by atoms with Gasteiger partial charge in [-0.15, -0.1) is 0 Å². The van der Waals surface area contributed by atoms with Crippen molar-refractivity contribution in [2.75, 3.05) is 20.2 Å². The Hall–Kier alpha value is -1.33. The summed E-state index contributed by atoms with van der Waals surface area (Å²) in [6.07, 6.45) is 0. The van der Waals surface area contributed by atoms with Gasteiger partial charge in [-0.2, -0.15) is 0 Å². The lowest BCUT2D eigenvalue weighted by atomic mass is 9.99. The fraction of sp³-hybridized carbons (Fsp3) is 0.429. The van der Waals surface area contributed by atoms with Crippen LogP contribution in [0.2, 0.25) is 10.0 Å². The second kappa shape index (κ2) is 6.20. The summed E-state index contributed by atoms with van der Waals surface area (Å²) in [5, 5.41) is -0.0562. The van der Waals surface area contributed by atoms with E-state index >= 15 is 0 Å². The van der Waals surface area contributed by atoms with Gasteiger partial charge in [-0.3, -0.25) is 9.59 Å². The SMILES string of the molecule is COC(=O)C1CN(C(=O)c2cc(F)c(Cl)cc2Cl)CC1C. The quantitative estimate of drug-likeness (QED) is 0.617. The van der Waals surface area contributed by atoms with Crippen LogP contribution >= 0.6 is 23.2 Å². The number of benzene rings is 1. The number of nitrogens with zero attached hydrogens (tertiary/aromatic N) is 1. The van der Waals surface area contributed by atoms with Crippen molar-refractivity contribution in [3.63, 3.8) is 0 Å². The van der Waals surface area contributed by atoms with Crippen molar-refractivity contribution < 1.29 is 18.7 Å². The van der Waals surface area contributed by atoms with Crippen molar-refractivity contribution >= 4 is 35.1 Å². The highest BCUT2D eigenvalue weighted by atomic mass is 35.5. The van der Waals surface area contributed by atoms with Crippen molar-refractivity contribution in [2.24, 2.45) is 11.8 Å². The first kappa shape index (κ1) is 16.0. The van der Waals surface area contributed by atoms with Gasteiger partial charge in [0.25, 0.3) is 5.91 Å². The van der Waals surface area contributed by atoms with Crippen molar-refractivity contribution in [3.05, 3.63) is 33.6 Å². The number of amides is 1. The Kier molecular flexibility index (Phi) is 4.74. The molecule has 21 heavy (non-hydrogen) atoms. The minimum atomic E-state index is -0.707. The normalized spacial score (nSPS) is 21.5. The summed E-state index contributed by atoms with van der Waals surface area (Å²) in [4.78, 5) is 25.5. The van der Waals surface area contributed by atoms with Crippen molar-refractivity contribution in [1.82, 2.24) is 4.90 Å². The first-order chi connectivity index (χ1) is 9.85. The molecular weight excluding hydrogens is 320 g/mol. The summed E-state index contributed by atoms with van der Waals surface area (Å²) < 4.78 is 18.2. The Balaban J connectivity index is 2.22. The van der Waals surface area contributed by atoms with Gasteiger partial charge in [0.2, 0.25) is 0 Å². The number of carbonyl (C=O) groups excluding carboxylic acids is 2. The molecule has 1 aromatic rings. The molecule has 114 valence electrons. The van der Waals surface area contributed by atoms with Crippen LogP contribution in [0.5, 0.6) is 0 Å². The molecule has 0 N–H and O–H groups in total. The largest absolute Gasteiger partial charge is 0.469 e. The van der Waals surface area contributed by atoms with Gasteiger partial charge in [0.05, 0.1) is 28.6 Å². The van der Waals surface area contributed by atoms with E-state index in [1.165, 1.54) is 18.1 Å². The van der Waals surface area contributed by atoms with Crippen LogP contribution < -0.4 is 0 Å². The minimum Gasteiger partial charge on any atom is -0.469 e. The molecule has 2 rings (SSSR count). The summed E-state index contributed by atoms with van der Waals surface area (Å²) in [7, 11) is 1.31. The molecule has 1 amide bonds. The van der Waals surface area contributed by atoms with Crippen LogP contribution in [0, 0.1) is 17.7 Å². The molecule has 4 nitrogen and oxygen atoms in total. The molecule has 2 unspecified atom stereocenters. The summed E-state index contributed by atoms with van der Waals surface area (Å²) in [5.74, 6) is -1.90. The maximum atomic E-state index is 13.5. The second-order valence-electron chi connectivity index (χ2n) is 5.06. The van der Waals surface area contributed by atoms with Crippen molar-refractivity contribution in [1.29, 1.82) is 0 Å². The molecule has 1 saturated heterocycles. The predicted molar refractivity (Wildman–Crippen MR) is 77.0 cm³/mol. The highest BCUT2D eigenvalue weighted by molar-refractivity contribution is 6.36. The Morgan fingerprint density at radius 3 is 2.57 bits per heavy atom. The molecule has 0 bridgehead atoms. The van der Waals surface area contributed by atoms with E-state index in [9.17, 15) is 14.0 Å². The second-order valence-corrected chi connectivity index (χ2v) is 5.88. The third kappa shape index (κ3) is 3.14. The van der Waals surface area contributed by atoms with Crippen LogP contribution in [-0.2, 0) is 9.53 Å². The average Bonchev–Trinajstić information content (AvgIpc) is 2.83. The van der Waals surface area contributed by atoms with E-state index in [0.29, 0.717) is 6.54 Å². The standard InChI is InChI=1S/C14H14Cl2FNO3/c1-7-5-18(6-9(7)14(20)21-2)13(19)8-3-12(17)11(16)4-10(8)15/h3-4,7,9H,5-6H2,1-2H3. The molecular formula is C14H14Cl2FNO3. The Labute approximate surface area is 131 Å². The number of rotatable bonds is 2. The van der Waals surface area contributed by atoms with E-state index in [-0.39, 0.29) is 40.0 Å². The van der Waals surface area contributed by atoms with Crippen molar-refractivity contribution in [3.8, 4) is 0 Å². The van der Waals surface area contributed by atoms with E-state index in [1.54, 1.807) is 0 Å². The number of hydrogen-bond donors (Lipinski definition) is 0. The lowest BCUT2D eigenvalue weighted by molar-refractivity contribution is -0.146. The fourth-order valence-electron chi connectivity index (χ4n) is 2.45. The van der Waals surface area contributed by atoms with E-state index in [2.05, 4.69) is 0 Å². The molecule has 0 aromatic heterocycles. The summed E-state index contributed by atoms with van der Waals surface area (Å²) in [6, 6.07) is 2.21. The molecule has 0 radical (unpaired) electrons. The van der Waals surface area contributed by atoms with Gasteiger partial charge in [0.1, 0.15) is 5.82 Å². The van der Waals surface area contributed by atoms with Crippen LogP contribution in [0.3, 0.4) is 0 Å². The zero-order valence-electron chi connectivity index (χ0n) is 11.5. The van der Waals surface area contributed by atoms with Crippen LogP contribution in [0.25, 0.3) is 0 Å². The summed E-state index contributed by atoms with van der Waals surface area (Å²) in [6.45, 7) is 2.48. The van der Waals surface area contributed by atoms with Crippen LogP contribution in [-0.4, -0.2) is 37.0 Å². The van der Waals surface area contributed by atoms with Gasteiger partial charge in [-0.05, 0) is 18.1 Å². The van der Waals surface area contributed by atoms with Gasteiger partial charge in [0, 0.05) is 13.1 Å². The van der Waals surface area contributed by atoms with Crippen LogP contribution in [0.4, 0.5) is 4.39 Å². The smallest absolute Gasteiger partial charge is 0.310 e. The molecule has 1 aliphatic rings. The molecule has 1 aliphatic heterocycles. The summed E-state index contributed by atoms with van der Waals surface area (Å²) in [5.41, 5.74) is 0.0382. The molecule has 1 fully saturated rings. The number of methoxy groups -OCH3 is 1. The first-order valence-electron chi connectivity index (χ1n) is 6.36. The Bertz CT molecular complexity index is 594. The van der Waals surface area contributed by atoms with Crippen LogP contribution in [0.15, 0.2) is 12.1 Å². The molecule has 0 spiro atoms. The number of esters is 1. The molecule has 1 aromatic carbocycles. The minimum absolute atomic E-state index is 0.0303. The number of carbonyl (C=O) groups is 2. The van der Waals surface area contributed by atoms with E-state index in [4.69, 9.17) is 27.9 Å². The third-order valence-electron chi connectivity index (χ3n) is 3.64. The zero-order valence-corrected chi connectivity index (χ0v) is 13.0. The van der Waals surface area contributed by atoms with Gasteiger partial charge in [-0.1, -0.05) is 30.1 Å². The predicted octanol–water partition coefficient (Wildman–Crippen LogP) is 3.01. The van der Waals surface area contributed by atoms with Gasteiger partial charge < -0.3 is 9.64 Å². The monoisotopic (exact) mass is 333 g/mol. The third-order valence-corrected chi connectivity index (χ3v) is 4.25. The first-order valence-corrected chi connectivity index (χ1v) is 7.12. The average molecular weight is 334 g/mol. The fourth-order valence-corrected chi connectivity index (χ4v) is 2.91. The van der Waals surface area contributed by atoms with Crippen LogP contribution in [0.1, 0.15) is 17.3 Å². The highest BCUT2D eigenvalue weighted by Gasteiger charge is 2.38. The zero-order chi connectivity index (χ0) is 15.7. The molecule has 0 saturated carbocycles. The van der Waals surface area contributed by atoms with Gasteiger partial charge >= 0.3 is 5.97 Å². The van der Waals surface area contributed by atoms with E-state index < -0.39 is 11.7 Å².